The van der Waals surface area contributed by atoms with Crippen molar-refractivity contribution in [1.82, 2.24) is 14.8 Å². The number of rotatable bonds is 5. The summed E-state index contributed by atoms with van der Waals surface area (Å²) in [5.41, 5.74) is 3.98. The van der Waals surface area contributed by atoms with Crippen LogP contribution in [-0.2, 0) is 26.6 Å². The Kier molecular flexibility index (Phi) is 8.16. The SMILES string of the molecule is CCc1ccccc1CNC(=NC)N(C)Cc1cccn1C.I. The molecule has 126 valence electrons. The van der Waals surface area contributed by atoms with Crippen LogP contribution in [-0.4, -0.2) is 29.5 Å². The number of halogens is 1. The first-order chi connectivity index (χ1) is 10.7. The molecule has 0 fully saturated rings. The maximum absolute atomic E-state index is 4.39. The zero-order valence-corrected chi connectivity index (χ0v) is 16.7. The molecular weight excluding hydrogens is 399 g/mol. The normalized spacial score (nSPS) is 11.0. The lowest BCUT2D eigenvalue weighted by Crippen LogP contribution is -2.38. The number of guanidine groups is 1. The number of aliphatic imine (C=N–C) groups is 1. The smallest absolute Gasteiger partial charge is 0.194 e. The zero-order chi connectivity index (χ0) is 15.9. The van der Waals surface area contributed by atoms with E-state index in [0.717, 1.165) is 25.5 Å². The van der Waals surface area contributed by atoms with E-state index in [1.165, 1.54) is 16.8 Å². The highest BCUT2D eigenvalue weighted by Gasteiger charge is 2.09. The van der Waals surface area contributed by atoms with Gasteiger partial charge in [0.15, 0.2) is 5.96 Å². The lowest BCUT2D eigenvalue weighted by molar-refractivity contribution is 0.461. The van der Waals surface area contributed by atoms with Gasteiger partial charge in [-0.2, -0.15) is 0 Å². The van der Waals surface area contributed by atoms with Crippen LogP contribution in [0.2, 0.25) is 0 Å². The molecule has 1 heterocycles. The molecule has 0 atom stereocenters. The second-order valence-corrected chi connectivity index (χ2v) is 5.49. The van der Waals surface area contributed by atoms with Crippen LogP contribution in [0, 0.1) is 0 Å². The summed E-state index contributed by atoms with van der Waals surface area (Å²) in [4.78, 5) is 6.53. The summed E-state index contributed by atoms with van der Waals surface area (Å²) in [6, 6.07) is 12.8. The lowest BCUT2D eigenvalue weighted by atomic mass is 10.1. The first-order valence-corrected chi connectivity index (χ1v) is 7.74. The molecule has 2 aromatic rings. The van der Waals surface area contributed by atoms with Crippen LogP contribution in [0.3, 0.4) is 0 Å². The van der Waals surface area contributed by atoms with Gasteiger partial charge in [-0.05, 0) is 29.7 Å². The highest BCUT2D eigenvalue weighted by Crippen LogP contribution is 2.09. The van der Waals surface area contributed by atoms with Crippen LogP contribution in [0.4, 0.5) is 0 Å². The molecule has 4 nitrogen and oxygen atoms in total. The average molecular weight is 426 g/mol. The summed E-state index contributed by atoms with van der Waals surface area (Å²) in [5.74, 6) is 0.909. The van der Waals surface area contributed by atoms with Gasteiger partial charge in [0.05, 0.1) is 6.54 Å². The van der Waals surface area contributed by atoms with E-state index in [-0.39, 0.29) is 24.0 Å². The van der Waals surface area contributed by atoms with E-state index in [1.54, 1.807) is 0 Å². The van der Waals surface area contributed by atoms with Crippen molar-refractivity contribution in [3.63, 3.8) is 0 Å². The van der Waals surface area contributed by atoms with Gasteiger partial charge in [-0.15, -0.1) is 24.0 Å². The fraction of sp³-hybridized carbons (Fsp3) is 0.389. The van der Waals surface area contributed by atoms with Gasteiger partial charge in [0, 0.05) is 39.6 Å². The summed E-state index contributed by atoms with van der Waals surface area (Å²) in [6.07, 6.45) is 3.12. The van der Waals surface area contributed by atoms with Gasteiger partial charge in [-0.1, -0.05) is 31.2 Å². The Balaban J connectivity index is 0.00000264. The Hall–Kier alpha value is -1.50. The van der Waals surface area contributed by atoms with Crippen molar-refractivity contribution in [2.24, 2.45) is 12.0 Å². The monoisotopic (exact) mass is 426 g/mol. The minimum atomic E-state index is 0. The Bertz CT molecular complexity index is 633. The van der Waals surface area contributed by atoms with E-state index in [4.69, 9.17) is 0 Å². The quantitative estimate of drug-likeness (QED) is 0.452. The standard InChI is InChI=1S/C18H26N4.HI/c1-5-15-9-6-7-10-16(15)13-20-18(19-2)22(4)14-17-11-8-12-21(17)3;/h6-12H,5,13-14H2,1-4H3,(H,19,20);1H. The third-order valence-electron chi connectivity index (χ3n) is 3.96. The maximum atomic E-state index is 4.39. The van der Waals surface area contributed by atoms with Crippen LogP contribution in [0.1, 0.15) is 23.7 Å². The van der Waals surface area contributed by atoms with E-state index in [2.05, 4.69) is 83.4 Å². The molecule has 0 aliphatic carbocycles. The summed E-state index contributed by atoms with van der Waals surface area (Å²) < 4.78 is 2.14. The van der Waals surface area contributed by atoms with Crippen molar-refractivity contribution in [2.45, 2.75) is 26.4 Å². The van der Waals surface area contributed by atoms with Gasteiger partial charge in [0.25, 0.3) is 0 Å². The van der Waals surface area contributed by atoms with Crippen LogP contribution >= 0.6 is 24.0 Å². The van der Waals surface area contributed by atoms with E-state index in [0.29, 0.717) is 0 Å². The van der Waals surface area contributed by atoms with Gasteiger partial charge in [-0.25, -0.2) is 0 Å². The molecule has 23 heavy (non-hydrogen) atoms. The topological polar surface area (TPSA) is 32.6 Å². The van der Waals surface area contributed by atoms with E-state index in [9.17, 15) is 0 Å². The molecule has 0 amide bonds. The minimum Gasteiger partial charge on any atom is -0.353 e. The van der Waals surface area contributed by atoms with Crippen LogP contribution in [0.15, 0.2) is 47.6 Å². The molecule has 1 aromatic carbocycles. The van der Waals surface area contributed by atoms with Crippen molar-refractivity contribution < 1.29 is 0 Å². The van der Waals surface area contributed by atoms with Gasteiger partial charge < -0.3 is 14.8 Å². The Morgan fingerprint density at radius 2 is 1.87 bits per heavy atom. The molecule has 0 radical (unpaired) electrons. The van der Waals surface area contributed by atoms with E-state index in [1.807, 2.05) is 7.05 Å². The summed E-state index contributed by atoms with van der Waals surface area (Å²) >= 11 is 0. The Labute approximate surface area is 156 Å². The molecule has 1 N–H and O–H groups in total. The third kappa shape index (κ3) is 5.27. The molecule has 0 spiro atoms. The molecule has 2 rings (SSSR count). The van der Waals surface area contributed by atoms with E-state index >= 15 is 0 Å². The number of hydrogen-bond acceptors (Lipinski definition) is 1. The fourth-order valence-corrected chi connectivity index (χ4v) is 2.61. The number of nitrogens with one attached hydrogen (secondary N) is 1. The van der Waals surface area contributed by atoms with Gasteiger partial charge >= 0.3 is 0 Å². The van der Waals surface area contributed by atoms with Crippen molar-refractivity contribution in [3.8, 4) is 0 Å². The maximum Gasteiger partial charge on any atom is 0.194 e. The predicted molar refractivity (Wildman–Crippen MR) is 108 cm³/mol. The number of aryl methyl sites for hydroxylation is 2. The second kappa shape index (κ2) is 9.60. The zero-order valence-electron chi connectivity index (χ0n) is 14.4. The average Bonchev–Trinajstić information content (AvgIpc) is 2.93. The molecule has 0 aliphatic heterocycles. The molecule has 0 saturated heterocycles. The van der Waals surface area contributed by atoms with Crippen LogP contribution in [0.25, 0.3) is 0 Å². The first kappa shape index (κ1) is 19.5. The summed E-state index contributed by atoms with van der Waals surface area (Å²) in [7, 11) is 5.96. The summed E-state index contributed by atoms with van der Waals surface area (Å²) in [6.45, 7) is 3.82. The van der Waals surface area contributed by atoms with Gasteiger partial charge in [-0.3, -0.25) is 4.99 Å². The minimum absolute atomic E-state index is 0. The molecule has 0 aliphatic rings. The van der Waals surface area contributed by atoms with Gasteiger partial charge in [0.1, 0.15) is 0 Å². The largest absolute Gasteiger partial charge is 0.353 e. The number of hydrogen-bond donors (Lipinski definition) is 1. The number of benzene rings is 1. The number of aromatic nitrogens is 1. The van der Waals surface area contributed by atoms with Gasteiger partial charge in [0.2, 0.25) is 0 Å². The van der Waals surface area contributed by atoms with E-state index < -0.39 is 0 Å². The molecule has 0 bridgehead atoms. The molecule has 0 unspecified atom stereocenters. The van der Waals surface area contributed by atoms with Crippen LogP contribution in [0.5, 0.6) is 0 Å². The number of nitrogens with zero attached hydrogens (tertiary/aromatic N) is 3. The Morgan fingerprint density at radius 1 is 1.17 bits per heavy atom. The Morgan fingerprint density at radius 3 is 2.43 bits per heavy atom. The van der Waals surface area contributed by atoms with Crippen molar-refractivity contribution in [3.05, 3.63) is 59.4 Å². The van der Waals surface area contributed by atoms with Crippen molar-refractivity contribution in [1.29, 1.82) is 0 Å². The van der Waals surface area contributed by atoms with Crippen LogP contribution < -0.4 is 5.32 Å². The fourth-order valence-electron chi connectivity index (χ4n) is 2.61. The molecule has 1 aromatic heterocycles. The molecule has 5 heteroatoms. The van der Waals surface area contributed by atoms with Crippen molar-refractivity contribution in [2.75, 3.05) is 14.1 Å². The third-order valence-corrected chi connectivity index (χ3v) is 3.96. The predicted octanol–water partition coefficient (Wildman–Crippen LogP) is 3.41. The lowest BCUT2D eigenvalue weighted by Gasteiger charge is -2.23. The first-order valence-electron chi connectivity index (χ1n) is 7.74. The molecule has 0 saturated carbocycles. The highest BCUT2D eigenvalue weighted by molar-refractivity contribution is 14.0. The van der Waals surface area contributed by atoms with Crippen molar-refractivity contribution >= 4 is 29.9 Å². The summed E-state index contributed by atoms with van der Waals surface area (Å²) in [5, 5.41) is 3.46. The molecular formula is C18H27IN4. The second-order valence-electron chi connectivity index (χ2n) is 5.49. The highest BCUT2D eigenvalue weighted by atomic mass is 127.